The molecule has 0 N–H and O–H groups in total. The number of hydrogen-bond donors (Lipinski definition) is 0. The average molecular weight is 206 g/mol. The van der Waals surface area contributed by atoms with Crippen LogP contribution in [0.2, 0.25) is 0 Å². The number of benzene rings is 1. The van der Waals surface area contributed by atoms with Crippen LogP contribution in [-0.2, 0) is 6.42 Å². The van der Waals surface area contributed by atoms with E-state index >= 15 is 0 Å². The molecule has 0 aliphatic heterocycles. The summed E-state index contributed by atoms with van der Waals surface area (Å²) in [7, 11) is 0. The zero-order valence-corrected chi connectivity index (χ0v) is 8.36. The summed E-state index contributed by atoms with van der Waals surface area (Å²) in [5.41, 5.74) is 0.824. The number of rotatable bonds is 1. The molecule has 0 bridgehead atoms. The molecule has 0 aliphatic rings. The van der Waals surface area contributed by atoms with E-state index in [1.54, 1.807) is 0 Å². The minimum absolute atomic E-state index is 0.325. The molecule has 0 spiro atoms. The normalized spacial score (nSPS) is 10.4. The number of fused-ring (bicyclic) bond motifs is 1. The van der Waals surface area contributed by atoms with Gasteiger partial charge in [-0.15, -0.1) is 11.3 Å². The summed E-state index contributed by atoms with van der Waals surface area (Å²) in [6.45, 7) is 1.96. The Bertz CT molecular complexity index is 525. The molecule has 0 fully saturated rings. The highest BCUT2D eigenvalue weighted by molar-refractivity contribution is 7.18. The molecule has 1 aromatic heterocycles. The third kappa shape index (κ3) is 1.26. The first-order valence-electron chi connectivity index (χ1n) is 4.24. The van der Waals surface area contributed by atoms with Crippen LogP contribution in [0.4, 0.5) is 4.39 Å². The second kappa shape index (κ2) is 3.35. The van der Waals surface area contributed by atoms with E-state index in [-0.39, 0.29) is 5.82 Å². The topological polar surface area (TPSA) is 36.7 Å². The van der Waals surface area contributed by atoms with E-state index in [1.165, 1.54) is 23.5 Å². The van der Waals surface area contributed by atoms with Gasteiger partial charge in [-0.05, 0) is 18.6 Å². The van der Waals surface area contributed by atoms with Gasteiger partial charge in [0, 0.05) is 0 Å². The average Bonchev–Trinajstić information content (AvgIpc) is 2.63. The van der Waals surface area contributed by atoms with Crippen molar-refractivity contribution < 1.29 is 4.39 Å². The Morgan fingerprint density at radius 1 is 1.57 bits per heavy atom. The molecule has 0 radical (unpaired) electrons. The lowest BCUT2D eigenvalue weighted by Gasteiger charge is -1.91. The summed E-state index contributed by atoms with van der Waals surface area (Å²) in [5, 5.41) is 9.68. The molecule has 0 atom stereocenters. The van der Waals surface area contributed by atoms with E-state index < -0.39 is 0 Å². The minimum atomic E-state index is -0.352. The van der Waals surface area contributed by atoms with Gasteiger partial charge in [0.05, 0.1) is 15.3 Å². The molecule has 2 rings (SSSR count). The zero-order chi connectivity index (χ0) is 10.1. The number of aromatic nitrogens is 1. The number of nitrogens with zero attached hydrogens (tertiary/aromatic N) is 2. The van der Waals surface area contributed by atoms with Crippen molar-refractivity contribution >= 4 is 21.6 Å². The molecule has 4 heteroatoms. The molecule has 1 aromatic carbocycles. The minimum Gasteiger partial charge on any atom is -0.238 e. The standard InChI is InChI=1S/C10H7FN2S/c1-2-8-13-9-7(11)4-3-6(5-12)10(9)14-8/h3-4H,2H2,1H3. The largest absolute Gasteiger partial charge is 0.238 e. The second-order valence-corrected chi connectivity index (χ2v) is 3.93. The predicted octanol–water partition coefficient (Wildman–Crippen LogP) is 2.87. The molecule has 1 heterocycles. The number of aryl methyl sites for hydroxylation is 1. The van der Waals surface area contributed by atoms with Crippen LogP contribution < -0.4 is 0 Å². The first-order chi connectivity index (χ1) is 6.76. The third-order valence-corrected chi connectivity index (χ3v) is 3.19. The second-order valence-electron chi connectivity index (χ2n) is 2.85. The smallest absolute Gasteiger partial charge is 0.150 e. The Balaban J connectivity index is 2.83. The summed E-state index contributed by atoms with van der Waals surface area (Å²) in [6, 6.07) is 4.83. The van der Waals surface area contributed by atoms with E-state index in [2.05, 4.69) is 4.98 Å². The first kappa shape index (κ1) is 9.10. The van der Waals surface area contributed by atoms with E-state index in [0.717, 1.165) is 11.4 Å². The fraction of sp³-hybridized carbons (Fsp3) is 0.200. The molecule has 0 saturated carbocycles. The summed E-state index contributed by atoms with van der Waals surface area (Å²) in [6.07, 6.45) is 0.768. The monoisotopic (exact) mass is 206 g/mol. The highest BCUT2D eigenvalue weighted by Gasteiger charge is 2.10. The van der Waals surface area contributed by atoms with Crippen LogP contribution >= 0.6 is 11.3 Å². The highest BCUT2D eigenvalue weighted by atomic mass is 32.1. The van der Waals surface area contributed by atoms with Crippen molar-refractivity contribution in [3.05, 3.63) is 28.5 Å². The first-order valence-corrected chi connectivity index (χ1v) is 5.06. The number of hydrogen-bond acceptors (Lipinski definition) is 3. The van der Waals surface area contributed by atoms with Crippen molar-refractivity contribution in [1.29, 1.82) is 5.26 Å². The number of halogens is 1. The Kier molecular flexibility index (Phi) is 2.18. The molecule has 2 aromatic rings. The van der Waals surface area contributed by atoms with E-state index in [9.17, 15) is 4.39 Å². The zero-order valence-electron chi connectivity index (χ0n) is 7.54. The van der Waals surface area contributed by atoms with Crippen LogP contribution in [0.25, 0.3) is 10.2 Å². The van der Waals surface area contributed by atoms with Crippen molar-refractivity contribution in [2.75, 3.05) is 0 Å². The van der Waals surface area contributed by atoms with Gasteiger partial charge in [-0.25, -0.2) is 9.37 Å². The lowest BCUT2D eigenvalue weighted by molar-refractivity contribution is 0.637. The quantitative estimate of drug-likeness (QED) is 0.719. The molecule has 0 aliphatic carbocycles. The third-order valence-electron chi connectivity index (χ3n) is 1.96. The molecule has 0 unspecified atom stereocenters. The van der Waals surface area contributed by atoms with Crippen molar-refractivity contribution in [3.8, 4) is 6.07 Å². The van der Waals surface area contributed by atoms with Crippen molar-refractivity contribution in [2.45, 2.75) is 13.3 Å². The van der Waals surface area contributed by atoms with Crippen LogP contribution in [-0.4, -0.2) is 4.98 Å². The molecule has 0 amide bonds. The summed E-state index contributed by atoms with van der Waals surface area (Å²) < 4.78 is 13.9. The Hall–Kier alpha value is -1.47. The van der Waals surface area contributed by atoms with Crippen LogP contribution in [0.5, 0.6) is 0 Å². The van der Waals surface area contributed by atoms with E-state index in [4.69, 9.17) is 5.26 Å². The van der Waals surface area contributed by atoms with Crippen molar-refractivity contribution in [2.24, 2.45) is 0 Å². The van der Waals surface area contributed by atoms with Crippen LogP contribution in [0.3, 0.4) is 0 Å². The highest BCUT2D eigenvalue weighted by Crippen LogP contribution is 2.27. The Labute approximate surface area is 84.6 Å². The van der Waals surface area contributed by atoms with Crippen LogP contribution in [0.15, 0.2) is 12.1 Å². The molecule has 2 nitrogen and oxygen atoms in total. The SMILES string of the molecule is CCc1nc2c(F)ccc(C#N)c2s1. The van der Waals surface area contributed by atoms with Crippen molar-refractivity contribution in [3.63, 3.8) is 0 Å². The van der Waals surface area contributed by atoms with Gasteiger partial charge in [-0.2, -0.15) is 5.26 Å². The van der Waals surface area contributed by atoms with Crippen LogP contribution in [0.1, 0.15) is 17.5 Å². The molecule has 14 heavy (non-hydrogen) atoms. The number of thiazole rings is 1. The number of nitriles is 1. The van der Waals surface area contributed by atoms with E-state index in [1.807, 2.05) is 13.0 Å². The van der Waals surface area contributed by atoms with Gasteiger partial charge >= 0.3 is 0 Å². The van der Waals surface area contributed by atoms with Gasteiger partial charge in [-0.3, -0.25) is 0 Å². The lowest BCUT2D eigenvalue weighted by atomic mass is 10.2. The summed E-state index contributed by atoms with van der Waals surface area (Å²) in [5.74, 6) is -0.352. The molecule has 0 saturated heterocycles. The van der Waals surface area contributed by atoms with E-state index in [0.29, 0.717) is 15.8 Å². The predicted molar refractivity (Wildman–Crippen MR) is 53.7 cm³/mol. The van der Waals surface area contributed by atoms with Gasteiger partial charge in [0.15, 0.2) is 0 Å². The maximum absolute atomic E-state index is 13.3. The van der Waals surface area contributed by atoms with Gasteiger partial charge in [-0.1, -0.05) is 6.92 Å². The fourth-order valence-electron chi connectivity index (χ4n) is 1.26. The Morgan fingerprint density at radius 3 is 3.00 bits per heavy atom. The van der Waals surface area contributed by atoms with Gasteiger partial charge in [0.2, 0.25) is 0 Å². The van der Waals surface area contributed by atoms with Gasteiger partial charge < -0.3 is 0 Å². The summed E-state index contributed by atoms with van der Waals surface area (Å²) in [4.78, 5) is 4.13. The molecular weight excluding hydrogens is 199 g/mol. The maximum atomic E-state index is 13.3. The fourth-order valence-corrected chi connectivity index (χ4v) is 2.24. The molecular formula is C10H7FN2S. The lowest BCUT2D eigenvalue weighted by Crippen LogP contribution is -1.81. The van der Waals surface area contributed by atoms with Crippen LogP contribution in [0, 0.1) is 17.1 Å². The van der Waals surface area contributed by atoms with Gasteiger partial charge in [0.1, 0.15) is 17.4 Å². The maximum Gasteiger partial charge on any atom is 0.150 e. The summed E-state index contributed by atoms with van der Waals surface area (Å²) >= 11 is 1.39. The van der Waals surface area contributed by atoms with Crippen molar-refractivity contribution in [1.82, 2.24) is 4.98 Å². The Morgan fingerprint density at radius 2 is 2.36 bits per heavy atom. The molecule has 70 valence electrons. The van der Waals surface area contributed by atoms with Gasteiger partial charge in [0.25, 0.3) is 0 Å².